The molecule has 0 aliphatic rings. The molecule has 3 aromatic rings. The molecule has 0 unspecified atom stereocenters. The van der Waals surface area contributed by atoms with Crippen LogP contribution in [0.3, 0.4) is 0 Å². The Labute approximate surface area is 204 Å². The van der Waals surface area contributed by atoms with Crippen molar-refractivity contribution in [3.05, 3.63) is 94.5 Å². The molecule has 0 aliphatic carbocycles. The summed E-state index contributed by atoms with van der Waals surface area (Å²) >= 11 is 6.10. The molecular weight excluding hydrogens is 476 g/mol. The summed E-state index contributed by atoms with van der Waals surface area (Å²) in [5.41, 5.74) is 2.43. The lowest BCUT2D eigenvalue weighted by atomic mass is 10.1. The predicted octanol–water partition coefficient (Wildman–Crippen LogP) is 4.56. The number of aryl methyl sites for hydroxylation is 1. The van der Waals surface area contributed by atoms with Crippen LogP contribution >= 0.6 is 11.6 Å². The zero-order valence-corrected chi connectivity index (χ0v) is 20.3. The number of carbonyl (C=O) groups is 2. The first-order chi connectivity index (χ1) is 16.2. The monoisotopic (exact) mass is 500 g/mol. The van der Waals surface area contributed by atoms with Crippen LogP contribution in [0.25, 0.3) is 0 Å². The highest BCUT2D eigenvalue weighted by Gasteiger charge is 2.23. The summed E-state index contributed by atoms with van der Waals surface area (Å²) < 4.78 is 33.2. The van der Waals surface area contributed by atoms with E-state index in [0.717, 1.165) is 23.6 Å². The first-order valence-corrected chi connectivity index (χ1v) is 12.5. The number of esters is 1. The van der Waals surface area contributed by atoms with Gasteiger partial charge in [-0.1, -0.05) is 61.0 Å². The lowest BCUT2D eigenvalue weighted by molar-refractivity contribution is -0.123. The summed E-state index contributed by atoms with van der Waals surface area (Å²) in [6.45, 7) is 3.52. The van der Waals surface area contributed by atoms with Crippen molar-refractivity contribution < 1.29 is 22.7 Å². The molecule has 34 heavy (non-hydrogen) atoms. The third kappa shape index (κ3) is 6.66. The van der Waals surface area contributed by atoms with E-state index in [0.29, 0.717) is 5.69 Å². The minimum Gasteiger partial charge on any atom is -0.449 e. The van der Waals surface area contributed by atoms with Gasteiger partial charge in [0.2, 0.25) is 10.0 Å². The van der Waals surface area contributed by atoms with Crippen molar-refractivity contribution >= 4 is 39.2 Å². The molecule has 0 spiro atoms. The van der Waals surface area contributed by atoms with Gasteiger partial charge in [-0.2, -0.15) is 0 Å². The van der Waals surface area contributed by atoms with Gasteiger partial charge < -0.3 is 10.1 Å². The standard InChI is InChI=1S/C25H25ClN2O5S/c1-3-18-9-12-21(13-10-18)28-24(29)17(2)33-25(30)20-11-14-22(26)23(15-20)34(31,32)27-16-19-7-5-4-6-8-19/h4-15,17,27H,3,16H2,1-2H3,(H,28,29)/t17-/m1/s1. The van der Waals surface area contributed by atoms with Crippen LogP contribution in [0.1, 0.15) is 35.3 Å². The van der Waals surface area contributed by atoms with Gasteiger partial charge >= 0.3 is 5.97 Å². The van der Waals surface area contributed by atoms with Crippen LogP contribution in [0.15, 0.2) is 77.7 Å². The van der Waals surface area contributed by atoms with E-state index in [1.807, 2.05) is 25.1 Å². The van der Waals surface area contributed by atoms with Crippen molar-refractivity contribution in [2.24, 2.45) is 0 Å². The van der Waals surface area contributed by atoms with Gasteiger partial charge in [0.05, 0.1) is 10.6 Å². The number of carbonyl (C=O) groups excluding carboxylic acids is 2. The van der Waals surface area contributed by atoms with Gasteiger partial charge in [-0.05, 0) is 54.8 Å². The molecule has 1 atom stereocenters. The van der Waals surface area contributed by atoms with E-state index >= 15 is 0 Å². The van der Waals surface area contributed by atoms with Crippen molar-refractivity contribution in [3.63, 3.8) is 0 Å². The highest BCUT2D eigenvalue weighted by atomic mass is 35.5. The molecule has 0 radical (unpaired) electrons. The Morgan fingerprint density at radius 2 is 1.65 bits per heavy atom. The van der Waals surface area contributed by atoms with Gasteiger partial charge in [-0.25, -0.2) is 17.9 Å². The average Bonchev–Trinajstić information content (AvgIpc) is 2.84. The fourth-order valence-electron chi connectivity index (χ4n) is 3.04. The molecule has 9 heteroatoms. The Hall–Kier alpha value is -3.20. The molecule has 3 rings (SSSR count). The van der Waals surface area contributed by atoms with Crippen molar-refractivity contribution in [1.82, 2.24) is 4.72 Å². The van der Waals surface area contributed by atoms with E-state index in [4.69, 9.17) is 16.3 Å². The highest BCUT2D eigenvalue weighted by Crippen LogP contribution is 2.24. The number of sulfonamides is 1. The summed E-state index contributed by atoms with van der Waals surface area (Å²) in [7, 11) is -4.01. The lowest BCUT2D eigenvalue weighted by Crippen LogP contribution is -2.30. The summed E-state index contributed by atoms with van der Waals surface area (Å²) in [5.74, 6) is -1.36. The Kier molecular flexibility index (Phi) is 8.44. The number of hydrogen-bond donors (Lipinski definition) is 2. The number of benzene rings is 3. The van der Waals surface area contributed by atoms with Crippen LogP contribution in [0.4, 0.5) is 5.69 Å². The summed E-state index contributed by atoms with van der Waals surface area (Å²) in [6, 6.07) is 20.1. The van der Waals surface area contributed by atoms with Crippen LogP contribution in [0.2, 0.25) is 5.02 Å². The van der Waals surface area contributed by atoms with Crippen molar-refractivity contribution in [2.45, 2.75) is 37.8 Å². The third-order valence-electron chi connectivity index (χ3n) is 5.05. The topological polar surface area (TPSA) is 102 Å². The second-order valence-electron chi connectivity index (χ2n) is 7.54. The zero-order chi connectivity index (χ0) is 24.7. The lowest BCUT2D eigenvalue weighted by Gasteiger charge is -2.15. The van der Waals surface area contributed by atoms with Crippen molar-refractivity contribution in [3.8, 4) is 0 Å². The Morgan fingerprint density at radius 3 is 2.29 bits per heavy atom. The Bertz CT molecular complexity index is 1260. The predicted molar refractivity (Wildman–Crippen MR) is 131 cm³/mol. The smallest absolute Gasteiger partial charge is 0.338 e. The van der Waals surface area contributed by atoms with E-state index in [9.17, 15) is 18.0 Å². The molecule has 0 fully saturated rings. The second kappa shape index (κ2) is 11.3. The van der Waals surface area contributed by atoms with E-state index in [-0.39, 0.29) is 22.0 Å². The van der Waals surface area contributed by atoms with Gasteiger partial charge in [0.1, 0.15) is 4.90 Å². The minimum absolute atomic E-state index is 0.0431. The van der Waals surface area contributed by atoms with Gasteiger partial charge in [0.15, 0.2) is 6.10 Å². The fraction of sp³-hybridized carbons (Fsp3) is 0.200. The largest absolute Gasteiger partial charge is 0.449 e. The molecular formula is C25H25ClN2O5S. The molecule has 0 saturated heterocycles. The maximum atomic E-state index is 12.8. The highest BCUT2D eigenvalue weighted by molar-refractivity contribution is 7.89. The van der Waals surface area contributed by atoms with Crippen LogP contribution < -0.4 is 10.0 Å². The fourth-order valence-corrected chi connectivity index (χ4v) is 4.58. The van der Waals surface area contributed by atoms with Crippen LogP contribution in [0.5, 0.6) is 0 Å². The van der Waals surface area contributed by atoms with Crippen LogP contribution in [-0.4, -0.2) is 26.4 Å². The zero-order valence-electron chi connectivity index (χ0n) is 18.7. The molecule has 0 aromatic heterocycles. The van der Waals surface area contributed by atoms with Crippen molar-refractivity contribution in [2.75, 3.05) is 5.32 Å². The summed E-state index contributed by atoms with van der Waals surface area (Å²) in [4.78, 5) is 24.8. The molecule has 2 N–H and O–H groups in total. The number of hydrogen-bond acceptors (Lipinski definition) is 5. The van der Waals surface area contributed by atoms with E-state index in [1.54, 1.807) is 36.4 Å². The SMILES string of the molecule is CCc1ccc(NC(=O)[C@@H](C)OC(=O)c2ccc(Cl)c(S(=O)(=O)NCc3ccccc3)c2)cc1. The Balaban J connectivity index is 1.67. The van der Waals surface area contributed by atoms with E-state index in [1.165, 1.54) is 19.1 Å². The first-order valence-electron chi connectivity index (χ1n) is 10.6. The third-order valence-corrected chi connectivity index (χ3v) is 6.93. The van der Waals surface area contributed by atoms with Gasteiger partial charge in [-0.15, -0.1) is 0 Å². The van der Waals surface area contributed by atoms with Gasteiger partial charge in [0.25, 0.3) is 5.91 Å². The van der Waals surface area contributed by atoms with E-state index in [2.05, 4.69) is 10.0 Å². The number of anilines is 1. The van der Waals surface area contributed by atoms with Crippen LogP contribution in [0, 0.1) is 0 Å². The van der Waals surface area contributed by atoms with Crippen molar-refractivity contribution in [1.29, 1.82) is 0 Å². The Morgan fingerprint density at radius 1 is 0.971 bits per heavy atom. The number of amides is 1. The van der Waals surface area contributed by atoms with Gasteiger partial charge in [-0.3, -0.25) is 4.79 Å². The van der Waals surface area contributed by atoms with Crippen LogP contribution in [-0.2, 0) is 32.5 Å². The molecule has 0 aliphatic heterocycles. The molecule has 0 bridgehead atoms. The summed E-state index contributed by atoms with van der Waals surface area (Å²) in [6.07, 6.45) is -0.228. The molecule has 1 amide bonds. The molecule has 7 nitrogen and oxygen atoms in total. The maximum absolute atomic E-state index is 12.8. The molecule has 3 aromatic carbocycles. The number of nitrogens with one attached hydrogen (secondary N) is 2. The number of ether oxygens (including phenoxy) is 1. The quantitative estimate of drug-likeness (QED) is 0.419. The molecule has 0 heterocycles. The minimum atomic E-state index is -4.01. The maximum Gasteiger partial charge on any atom is 0.338 e. The number of halogens is 1. The first kappa shape index (κ1) is 25.4. The van der Waals surface area contributed by atoms with Gasteiger partial charge in [0, 0.05) is 12.2 Å². The summed E-state index contributed by atoms with van der Waals surface area (Å²) in [5, 5.41) is 2.64. The van der Waals surface area contributed by atoms with E-state index < -0.39 is 28.0 Å². The number of rotatable bonds is 9. The average molecular weight is 501 g/mol. The molecule has 178 valence electrons. The normalized spacial score (nSPS) is 12.1. The second-order valence-corrected chi connectivity index (χ2v) is 9.69. The molecule has 0 saturated carbocycles.